The molecule has 0 unspecified atom stereocenters. The van der Waals surface area contributed by atoms with Crippen molar-refractivity contribution in [2.75, 3.05) is 13.2 Å². The van der Waals surface area contributed by atoms with Gasteiger partial charge in [0.25, 0.3) is 0 Å². The molecule has 3 aliphatic rings. The van der Waals surface area contributed by atoms with Crippen LogP contribution in [0.25, 0.3) is 0 Å². The minimum Gasteiger partial charge on any atom is -0.429 e. The lowest BCUT2D eigenvalue weighted by Gasteiger charge is -2.59. The molecule has 2 aromatic rings. The van der Waals surface area contributed by atoms with Crippen molar-refractivity contribution < 1.29 is 36.2 Å². The van der Waals surface area contributed by atoms with Crippen molar-refractivity contribution in [2.24, 2.45) is 23.2 Å². The highest BCUT2D eigenvalue weighted by Crippen LogP contribution is 2.63. The number of aryl methyl sites for hydroxylation is 2. The fourth-order valence-corrected chi connectivity index (χ4v) is 6.09. The number of benzene rings is 2. The van der Waals surface area contributed by atoms with Gasteiger partial charge in [0.2, 0.25) is 0 Å². The molecule has 3 fully saturated rings. The highest BCUT2D eigenvalue weighted by Gasteiger charge is 2.54. The Morgan fingerprint density at radius 2 is 1.47 bits per heavy atom. The van der Waals surface area contributed by atoms with Crippen LogP contribution in [0.15, 0.2) is 36.9 Å². The fraction of sp³-hybridized carbons (Fsp3) is 0.500. The molecule has 0 bridgehead atoms. The standard InChI is InChI=1S/C28H29F5O3/c1-4-17-9-27(10-17)11-19(12-27)20-13-34-26(35-14-20)18-7-22(29)24(23(30)8-18)28(32,33)36-21-5-15(2)25(31)16(3)6-21/h4-8,17,19-20,26H,1,9-14H2,2-3H3. The van der Waals surface area contributed by atoms with Gasteiger partial charge in [-0.25, -0.2) is 13.2 Å². The van der Waals surface area contributed by atoms with Gasteiger partial charge in [0.05, 0.1) is 13.2 Å². The van der Waals surface area contributed by atoms with Gasteiger partial charge in [0.15, 0.2) is 6.29 Å². The highest BCUT2D eigenvalue weighted by molar-refractivity contribution is 5.36. The Morgan fingerprint density at radius 1 is 0.917 bits per heavy atom. The maximum absolute atomic E-state index is 14.8. The van der Waals surface area contributed by atoms with Crippen LogP contribution < -0.4 is 4.74 Å². The number of alkyl halides is 2. The predicted octanol–water partition coefficient (Wildman–Crippen LogP) is 7.50. The zero-order chi connectivity index (χ0) is 25.8. The van der Waals surface area contributed by atoms with Gasteiger partial charge >= 0.3 is 6.11 Å². The molecule has 2 aromatic carbocycles. The van der Waals surface area contributed by atoms with E-state index in [4.69, 9.17) is 9.47 Å². The molecule has 2 aliphatic carbocycles. The second kappa shape index (κ2) is 9.14. The molecule has 5 rings (SSSR count). The molecule has 2 saturated carbocycles. The topological polar surface area (TPSA) is 27.7 Å². The minimum atomic E-state index is -4.32. The van der Waals surface area contributed by atoms with Gasteiger partial charge in [-0.1, -0.05) is 6.08 Å². The Morgan fingerprint density at radius 3 is 2.00 bits per heavy atom. The zero-order valence-corrected chi connectivity index (χ0v) is 20.3. The molecule has 0 N–H and O–H groups in total. The molecule has 0 amide bonds. The van der Waals surface area contributed by atoms with E-state index in [0.29, 0.717) is 30.5 Å². The first kappa shape index (κ1) is 25.2. The van der Waals surface area contributed by atoms with Crippen LogP contribution in [0.1, 0.15) is 54.2 Å². The molecule has 36 heavy (non-hydrogen) atoms. The van der Waals surface area contributed by atoms with E-state index in [1.165, 1.54) is 26.7 Å². The second-order valence-electron chi connectivity index (χ2n) is 10.7. The smallest absolute Gasteiger partial charge is 0.429 e. The van der Waals surface area contributed by atoms with Crippen molar-refractivity contribution in [3.05, 3.63) is 76.6 Å². The first-order valence-electron chi connectivity index (χ1n) is 12.2. The normalized spacial score (nSPS) is 30.0. The van der Waals surface area contributed by atoms with E-state index in [-0.39, 0.29) is 22.6 Å². The average Bonchev–Trinajstić information content (AvgIpc) is 2.75. The van der Waals surface area contributed by atoms with Gasteiger partial charge in [-0.15, -0.1) is 6.58 Å². The van der Waals surface area contributed by atoms with Crippen LogP contribution in [0.5, 0.6) is 5.75 Å². The Labute approximate surface area is 207 Å². The van der Waals surface area contributed by atoms with Crippen molar-refractivity contribution in [3.8, 4) is 5.75 Å². The number of hydrogen-bond donors (Lipinski definition) is 0. The number of halogens is 5. The van der Waals surface area contributed by atoms with Crippen LogP contribution >= 0.6 is 0 Å². The Balaban J connectivity index is 1.23. The molecule has 1 saturated heterocycles. The van der Waals surface area contributed by atoms with E-state index in [1.807, 2.05) is 6.08 Å². The summed E-state index contributed by atoms with van der Waals surface area (Å²) in [6.45, 7) is 7.38. The van der Waals surface area contributed by atoms with Gasteiger partial charge in [-0.3, -0.25) is 0 Å². The number of hydrogen-bond acceptors (Lipinski definition) is 3. The van der Waals surface area contributed by atoms with E-state index in [1.54, 1.807) is 0 Å². The van der Waals surface area contributed by atoms with E-state index in [9.17, 15) is 22.0 Å². The maximum Gasteiger partial charge on any atom is 0.432 e. The average molecular weight is 509 g/mol. The lowest BCUT2D eigenvalue weighted by Crippen LogP contribution is -2.51. The Kier molecular flexibility index (Phi) is 6.40. The quantitative estimate of drug-likeness (QED) is 0.299. The fourth-order valence-electron chi connectivity index (χ4n) is 6.09. The predicted molar refractivity (Wildman–Crippen MR) is 123 cm³/mol. The van der Waals surface area contributed by atoms with Crippen LogP contribution in [-0.2, 0) is 15.6 Å². The summed E-state index contributed by atoms with van der Waals surface area (Å²) in [7, 11) is 0. The third kappa shape index (κ3) is 4.54. The molecule has 1 heterocycles. The summed E-state index contributed by atoms with van der Waals surface area (Å²) in [5.74, 6) is -2.63. The molecule has 8 heteroatoms. The van der Waals surface area contributed by atoms with E-state index < -0.39 is 41.2 Å². The van der Waals surface area contributed by atoms with Crippen molar-refractivity contribution in [1.29, 1.82) is 0 Å². The first-order valence-corrected chi connectivity index (χ1v) is 12.2. The largest absolute Gasteiger partial charge is 0.432 e. The summed E-state index contributed by atoms with van der Waals surface area (Å²) < 4.78 is 89.0. The van der Waals surface area contributed by atoms with Crippen molar-refractivity contribution >= 4 is 0 Å². The summed E-state index contributed by atoms with van der Waals surface area (Å²) in [6.07, 6.45) is 1.27. The molecular formula is C28H29F5O3. The Hall–Kier alpha value is -2.45. The molecule has 0 aromatic heterocycles. The van der Waals surface area contributed by atoms with Crippen LogP contribution in [0.2, 0.25) is 0 Å². The van der Waals surface area contributed by atoms with Gasteiger partial charge < -0.3 is 14.2 Å². The zero-order valence-electron chi connectivity index (χ0n) is 20.3. The van der Waals surface area contributed by atoms with E-state index in [2.05, 4.69) is 11.3 Å². The maximum atomic E-state index is 14.8. The number of allylic oxidation sites excluding steroid dienone is 1. The lowest BCUT2D eigenvalue weighted by atomic mass is 9.46. The summed E-state index contributed by atoms with van der Waals surface area (Å²) in [6, 6.07) is 3.66. The van der Waals surface area contributed by atoms with E-state index in [0.717, 1.165) is 37.1 Å². The monoisotopic (exact) mass is 508 g/mol. The van der Waals surface area contributed by atoms with Gasteiger partial charge in [-0.2, -0.15) is 8.78 Å². The third-order valence-corrected chi connectivity index (χ3v) is 7.99. The lowest BCUT2D eigenvalue weighted by molar-refractivity contribution is -0.228. The molecule has 3 nitrogen and oxygen atoms in total. The van der Waals surface area contributed by atoms with Gasteiger partial charge in [-0.05, 0) is 92.2 Å². The van der Waals surface area contributed by atoms with Crippen molar-refractivity contribution in [3.63, 3.8) is 0 Å². The molecule has 1 aliphatic heterocycles. The van der Waals surface area contributed by atoms with Gasteiger partial charge in [0.1, 0.15) is 28.8 Å². The molecule has 194 valence electrons. The molecular weight excluding hydrogens is 479 g/mol. The van der Waals surface area contributed by atoms with Crippen LogP contribution in [0.3, 0.4) is 0 Å². The summed E-state index contributed by atoms with van der Waals surface area (Å²) in [4.78, 5) is 0. The van der Waals surface area contributed by atoms with Crippen molar-refractivity contribution in [1.82, 2.24) is 0 Å². The summed E-state index contributed by atoms with van der Waals surface area (Å²) >= 11 is 0. The minimum absolute atomic E-state index is 0.0191. The highest BCUT2D eigenvalue weighted by atomic mass is 19.3. The number of rotatable bonds is 6. The van der Waals surface area contributed by atoms with Crippen LogP contribution in [0.4, 0.5) is 22.0 Å². The first-order chi connectivity index (χ1) is 17.0. The third-order valence-electron chi connectivity index (χ3n) is 7.99. The molecule has 0 atom stereocenters. The number of ether oxygens (including phenoxy) is 3. The van der Waals surface area contributed by atoms with Crippen LogP contribution in [-0.4, -0.2) is 13.2 Å². The molecule has 1 spiro atoms. The summed E-state index contributed by atoms with van der Waals surface area (Å²) in [5.41, 5.74) is -0.964. The molecule has 0 radical (unpaired) electrons. The summed E-state index contributed by atoms with van der Waals surface area (Å²) in [5, 5.41) is 0. The van der Waals surface area contributed by atoms with E-state index >= 15 is 0 Å². The Bertz CT molecular complexity index is 1110. The SMILES string of the molecule is C=CC1CC2(C1)CC(C1COC(c3cc(F)c(C(F)(F)Oc4cc(C)c(F)c(C)c4)c(F)c3)OC1)C2. The van der Waals surface area contributed by atoms with Crippen LogP contribution in [0, 0.1) is 54.5 Å². The van der Waals surface area contributed by atoms with Crippen molar-refractivity contribution in [2.45, 2.75) is 51.9 Å². The van der Waals surface area contributed by atoms with Gasteiger partial charge in [0, 0.05) is 11.5 Å². The second-order valence-corrected chi connectivity index (χ2v) is 10.7.